The van der Waals surface area contributed by atoms with Crippen LogP contribution >= 0.6 is 15.6 Å². The zero-order chi connectivity index (χ0) is 67.0. The number of carbonyl (C=O) groups excluding carboxylic acids is 4. The minimum absolute atomic E-state index is 0.106. The molecule has 0 aliphatic carbocycles. The molecule has 0 amide bonds. The maximum absolute atomic E-state index is 13.0. The molecule has 0 aromatic heterocycles. The molecular weight excluding hydrogens is 1200 g/mol. The molecule has 0 aromatic carbocycles. The third kappa shape index (κ3) is 65.1. The second-order valence-corrected chi connectivity index (χ2v) is 29.1. The van der Waals surface area contributed by atoms with Crippen molar-refractivity contribution in [3.63, 3.8) is 0 Å². The van der Waals surface area contributed by atoms with E-state index in [1.165, 1.54) is 193 Å². The van der Waals surface area contributed by atoms with E-state index in [0.29, 0.717) is 25.7 Å². The molecule has 0 aliphatic heterocycles. The van der Waals surface area contributed by atoms with E-state index < -0.39 is 97.5 Å². The fourth-order valence-corrected chi connectivity index (χ4v) is 12.5. The van der Waals surface area contributed by atoms with E-state index in [1.807, 2.05) is 0 Å². The van der Waals surface area contributed by atoms with Crippen LogP contribution in [-0.2, 0) is 65.4 Å². The quantitative estimate of drug-likeness (QED) is 0.0222. The SMILES string of the molecule is CCCCCCCCCCCCCCCCCC(=O)OC[C@H](COP(=O)(O)OC[C@@H](O)COP(=O)(O)OC[C@@H](COC(=O)CCCCCCCCC(C)CC)OC(=O)CCCCCCCCCCCCC)OC(=O)CCCCCCCCCCCCCCCCC. The van der Waals surface area contributed by atoms with Gasteiger partial charge in [-0.05, 0) is 31.6 Å². The van der Waals surface area contributed by atoms with Crippen LogP contribution in [0, 0.1) is 5.92 Å². The zero-order valence-corrected chi connectivity index (χ0v) is 60.8. The Morgan fingerprint density at radius 3 is 0.780 bits per heavy atom. The molecule has 0 fully saturated rings. The largest absolute Gasteiger partial charge is 0.472 e. The average molecular weight is 1340 g/mol. The fraction of sp³-hybridized carbons (Fsp3) is 0.944. The lowest BCUT2D eigenvalue weighted by Gasteiger charge is -2.21. The summed E-state index contributed by atoms with van der Waals surface area (Å²) < 4.78 is 68.4. The first kappa shape index (κ1) is 89.1. The number of unbranched alkanes of at least 4 members (excludes halogenated alkanes) is 43. The van der Waals surface area contributed by atoms with Gasteiger partial charge in [0.05, 0.1) is 26.4 Å². The highest BCUT2D eigenvalue weighted by Crippen LogP contribution is 2.45. The van der Waals surface area contributed by atoms with Crippen molar-refractivity contribution in [3.8, 4) is 0 Å². The molecule has 17 nitrogen and oxygen atoms in total. The van der Waals surface area contributed by atoms with Crippen LogP contribution in [0.5, 0.6) is 0 Å². The van der Waals surface area contributed by atoms with Gasteiger partial charge in [0, 0.05) is 25.7 Å². The van der Waals surface area contributed by atoms with Crippen molar-refractivity contribution >= 4 is 39.5 Å². The normalized spacial score (nSPS) is 14.3. The van der Waals surface area contributed by atoms with Gasteiger partial charge in [-0.1, -0.05) is 324 Å². The molecule has 0 aliphatic rings. The summed E-state index contributed by atoms with van der Waals surface area (Å²) in [6.45, 7) is 7.23. The molecule has 0 bridgehead atoms. The van der Waals surface area contributed by atoms with Crippen LogP contribution in [-0.4, -0.2) is 96.7 Å². The number of phosphoric acid groups is 2. The number of carbonyl (C=O) groups is 4. The fourth-order valence-electron chi connectivity index (χ4n) is 11.0. The van der Waals surface area contributed by atoms with Crippen molar-refractivity contribution in [2.75, 3.05) is 39.6 Å². The van der Waals surface area contributed by atoms with Gasteiger partial charge in [-0.25, -0.2) is 9.13 Å². The first-order valence-corrected chi connectivity index (χ1v) is 40.7. The van der Waals surface area contributed by atoms with E-state index in [9.17, 15) is 43.2 Å². The molecule has 0 saturated carbocycles. The van der Waals surface area contributed by atoms with E-state index in [4.69, 9.17) is 37.0 Å². The van der Waals surface area contributed by atoms with Gasteiger partial charge < -0.3 is 33.8 Å². The molecule has 0 radical (unpaired) electrons. The average Bonchev–Trinajstić information content (AvgIpc) is 3.63. The van der Waals surface area contributed by atoms with Gasteiger partial charge in [-0.15, -0.1) is 0 Å². The molecule has 3 N–H and O–H groups in total. The van der Waals surface area contributed by atoms with Gasteiger partial charge in [0.1, 0.15) is 19.3 Å². The third-order valence-electron chi connectivity index (χ3n) is 17.1. The zero-order valence-electron chi connectivity index (χ0n) is 59.0. The van der Waals surface area contributed by atoms with Gasteiger partial charge in [-0.2, -0.15) is 0 Å². The molecule has 0 heterocycles. The van der Waals surface area contributed by atoms with E-state index in [2.05, 4.69) is 34.6 Å². The summed E-state index contributed by atoms with van der Waals surface area (Å²) in [6, 6.07) is 0. The van der Waals surface area contributed by atoms with E-state index in [1.54, 1.807) is 0 Å². The maximum Gasteiger partial charge on any atom is 0.472 e. The second kappa shape index (κ2) is 65.4. The highest BCUT2D eigenvalue weighted by molar-refractivity contribution is 7.47. The number of phosphoric ester groups is 2. The first-order valence-electron chi connectivity index (χ1n) is 37.7. The van der Waals surface area contributed by atoms with Crippen molar-refractivity contribution in [2.24, 2.45) is 5.92 Å². The Hall–Kier alpha value is -1.94. The Kier molecular flexibility index (Phi) is 64.0. The van der Waals surface area contributed by atoms with Crippen molar-refractivity contribution in [3.05, 3.63) is 0 Å². The Bertz CT molecular complexity index is 1760. The number of rotatable bonds is 72. The topological polar surface area (TPSA) is 237 Å². The molecule has 540 valence electrons. The Balaban J connectivity index is 5.24. The molecule has 0 spiro atoms. The molecule has 6 atom stereocenters. The number of hydrogen-bond acceptors (Lipinski definition) is 15. The monoisotopic (exact) mass is 1340 g/mol. The summed E-state index contributed by atoms with van der Waals surface area (Å²) in [5.74, 6) is -1.39. The van der Waals surface area contributed by atoms with Crippen LogP contribution in [0.4, 0.5) is 0 Å². The summed E-state index contributed by atoms with van der Waals surface area (Å²) in [5, 5.41) is 10.6. The highest BCUT2D eigenvalue weighted by Gasteiger charge is 2.30. The minimum Gasteiger partial charge on any atom is -0.462 e. The summed E-state index contributed by atoms with van der Waals surface area (Å²) >= 11 is 0. The number of ether oxygens (including phenoxy) is 4. The van der Waals surface area contributed by atoms with E-state index in [0.717, 1.165) is 102 Å². The lowest BCUT2D eigenvalue weighted by Crippen LogP contribution is -2.30. The summed E-state index contributed by atoms with van der Waals surface area (Å²) in [7, 11) is -9.90. The minimum atomic E-state index is -4.95. The van der Waals surface area contributed by atoms with Gasteiger partial charge in [-0.3, -0.25) is 37.3 Å². The van der Waals surface area contributed by atoms with Crippen LogP contribution in [0.25, 0.3) is 0 Å². The number of esters is 4. The van der Waals surface area contributed by atoms with Crippen molar-refractivity contribution in [1.82, 2.24) is 0 Å². The Morgan fingerprint density at radius 2 is 0.527 bits per heavy atom. The number of aliphatic hydroxyl groups excluding tert-OH is 1. The predicted octanol–water partition coefficient (Wildman–Crippen LogP) is 20.9. The third-order valence-corrected chi connectivity index (χ3v) is 19.0. The first-order chi connectivity index (χ1) is 44.1. The van der Waals surface area contributed by atoms with Crippen LogP contribution in [0.15, 0.2) is 0 Å². The summed E-state index contributed by atoms with van der Waals surface area (Å²) in [5.41, 5.74) is 0. The Morgan fingerprint density at radius 1 is 0.308 bits per heavy atom. The molecule has 0 rings (SSSR count). The van der Waals surface area contributed by atoms with E-state index >= 15 is 0 Å². The van der Waals surface area contributed by atoms with Crippen molar-refractivity contribution in [2.45, 2.75) is 393 Å². The molecule has 3 unspecified atom stereocenters. The Labute approximate surface area is 556 Å². The standard InChI is InChI=1S/C72H140O17P2/c1-6-10-13-16-19-22-25-27-29-31-34-36-39-45-50-55-69(74)82-61-67(88-72(77)58-53-48-41-38-35-32-30-28-26-23-20-17-14-11-7-2)63-86-90(78,79)84-59-66(73)60-85-91(80,81)87-64-68(62-83-70(75)56-51-46-43-42-44-49-54-65(5)9-4)89-71(76)57-52-47-40-37-33-24-21-18-15-12-8-3/h65-68,73H,6-64H2,1-5H3,(H,78,79)(H,80,81)/t65?,66-,67-,68-/m1/s1. The van der Waals surface area contributed by atoms with Crippen LogP contribution in [0.3, 0.4) is 0 Å². The molecule has 91 heavy (non-hydrogen) atoms. The lowest BCUT2D eigenvalue weighted by molar-refractivity contribution is -0.161. The van der Waals surface area contributed by atoms with Crippen LogP contribution in [0.2, 0.25) is 0 Å². The van der Waals surface area contributed by atoms with Crippen molar-refractivity contribution < 1.29 is 80.2 Å². The van der Waals surface area contributed by atoms with Crippen molar-refractivity contribution in [1.29, 1.82) is 0 Å². The van der Waals surface area contributed by atoms with E-state index in [-0.39, 0.29) is 25.7 Å². The lowest BCUT2D eigenvalue weighted by atomic mass is 10.00. The maximum atomic E-state index is 13.0. The van der Waals surface area contributed by atoms with Gasteiger partial charge in [0.25, 0.3) is 0 Å². The van der Waals surface area contributed by atoms with Gasteiger partial charge in [0.15, 0.2) is 12.2 Å². The number of aliphatic hydroxyl groups is 1. The summed E-state index contributed by atoms with van der Waals surface area (Å²) in [4.78, 5) is 72.6. The molecular formula is C72H140O17P2. The number of hydrogen-bond donors (Lipinski definition) is 3. The van der Waals surface area contributed by atoms with Crippen LogP contribution in [0.1, 0.15) is 375 Å². The summed E-state index contributed by atoms with van der Waals surface area (Å²) in [6.07, 6.45) is 52.6. The van der Waals surface area contributed by atoms with Crippen LogP contribution < -0.4 is 0 Å². The highest BCUT2D eigenvalue weighted by atomic mass is 31.2. The predicted molar refractivity (Wildman–Crippen MR) is 368 cm³/mol. The molecule has 19 heteroatoms. The van der Waals surface area contributed by atoms with Gasteiger partial charge in [0.2, 0.25) is 0 Å². The molecule has 0 saturated heterocycles. The van der Waals surface area contributed by atoms with Gasteiger partial charge >= 0.3 is 39.5 Å². The second-order valence-electron chi connectivity index (χ2n) is 26.2. The molecule has 0 aromatic rings. The smallest absolute Gasteiger partial charge is 0.462 e.